The maximum absolute atomic E-state index is 12.3. The second-order valence-electron chi connectivity index (χ2n) is 5.29. The second-order valence-corrected chi connectivity index (χ2v) is 5.29. The lowest BCUT2D eigenvalue weighted by atomic mass is 10.1. The average Bonchev–Trinajstić information content (AvgIpc) is 2.55. The molecule has 0 aliphatic heterocycles. The molecule has 0 heterocycles. The van der Waals surface area contributed by atoms with Crippen molar-refractivity contribution in [2.45, 2.75) is 20.0 Å². The van der Waals surface area contributed by atoms with Crippen molar-refractivity contribution >= 4 is 17.6 Å². The standard InChI is InChI=1S/C18H16N2O4/c1-11(2)24-16-8-7-13(9-12(16)10-19)20-17(21)14-5-3-4-6-15(14)18(22)23/h3-9,11H,1-2H3,(H,20,21)(H,22,23). The fourth-order valence-electron chi connectivity index (χ4n) is 2.12. The normalized spacial score (nSPS) is 10.1. The predicted molar refractivity (Wildman–Crippen MR) is 88.3 cm³/mol. The largest absolute Gasteiger partial charge is 0.490 e. The van der Waals surface area contributed by atoms with Crippen LogP contribution in [0, 0.1) is 11.3 Å². The monoisotopic (exact) mass is 324 g/mol. The van der Waals surface area contributed by atoms with Crippen molar-refractivity contribution < 1.29 is 19.4 Å². The van der Waals surface area contributed by atoms with Gasteiger partial charge in [-0.2, -0.15) is 5.26 Å². The minimum Gasteiger partial charge on any atom is -0.490 e. The molecule has 0 atom stereocenters. The van der Waals surface area contributed by atoms with Crippen molar-refractivity contribution in [2.75, 3.05) is 5.32 Å². The van der Waals surface area contributed by atoms with Crippen LogP contribution in [-0.2, 0) is 0 Å². The summed E-state index contributed by atoms with van der Waals surface area (Å²) in [4.78, 5) is 23.5. The van der Waals surface area contributed by atoms with E-state index in [1.807, 2.05) is 19.9 Å². The average molecular weight is 324 g/mol. The molecule has 0 saturated carbocycles. The van der Waals surface area contributed by atoms with Crippen molar-refractivity contribution in [1.82, 2.24) is 0 Å². The molecule has 0 radical (unpaired) electrons. The van der Waals surface area contributed by atoms with E-state index in [4.69, 9.17) is 9.84 Å². The maximum atomic E-state index is 12.3. The van der Waals surface area contributed by atoms with Crippen LogP contribution < -0.4 is 10.1 Å². The van der Waals surface area contributed by atoms with Crippen molar-refractivity contribution in [3.05, 3.63) is 59.2 Å². The molecule has 6 nitrogen and oxygen atoms in total. The molecule has 24 heavy (non-hydrogen) atoms. The van der Waals surface area contributed by atoms with E-state index in [0.717, 1.165) is 0 Å². The van der Waals surface area contributed by atoms with E-state index in [0.29, 0.717) is 11.4 Å². The van der Waals surface area contributed by atoms with E-state index in [1.165, 1.54) is 18.2 Å². The van der Waals surface area contributed by atoms with Crippen LogP contribution in [0.4, 0.5) is 5.69 Å². The number of nitrogens with zero attached hydrogens (tertiary/aromatic N) is 1. The summed E-state index contributed by atoms with van der Waals surface area (Å²) in [6, 6.07) is 12.6. The molecular formula is C18H16N2O4. The summed E-state index contributed by atoms with van der Waals surface area (Å²) in [5, 5.41) is 20.9. The van der Waals surface area contributed by atoms with Gasteiger partial charge in [0.05, 0.1) is 22.8 Å². The molecule has 0 aromatic heterocycles. The van der Waals surface area contributed by atoms with Crippen LogP contribution >= 0.6 is 0 Å². The Morgan fingerprint density at radius 2 is 1.83 bits per heavy atom. The minimum absolute atomic E-state index is 0.0472. The van der Waals surface area contributed by atoms with Crippen LogP contribution in [0.5, 0.6) is 5.75 Å². The van der Waals surface area contributed by atoms with Gasteiger partial charge in [-0.25, -0.2) is 4.79 Å². The SMILES string of the molecule is CC(C)Oc1ccc(NC(=O)c2ccccc2C(=O)O)cc1C#N. The Kier molecular flexibility index (Phi) is 5.17. The molecule has 6 heteroatoms. The molecule has 2 aromatic carbocycles. The van der Waals surface area contributed by atoms with Crippen molar-refractivity contribution in [2.24, 2.45) is 0 Å². The fourth-order valence-corrected chi connectivity index (χ4v) is 2.12. The van der Waals surface area contributed by atoms with Crippen molar-refractivity contribution in [1.29, 1.82) is 5.26 Å². The number of aromatic carboxylic acids is 1. The smallest absolute Gasteiger partial charge is 0.336 e. The van der Waals surface area contributed by atoms with Gasteiger partial charge in [0.15, 0.2) is 0 Å². The molecule has 122 valence electrons. The molecule has 0 fully saturated rings. The van der Waals surface area contributed by atoms with Gasteiger partial charge in [0, 0.05) is 5.69 Å². The number of rotatable bonds is 5. The van der Waals surface area contributed by atoms with Gasteiger partial charge in [-0.05, 0) is 44.2 Å². The van der Waals surface area contributed by atoms with E-state index in [-0.39, 0.29) is 22.8 Å². The number of nitriles is 1. The van der Waals surface area contributed by atoms with E-state index < -0.39 is 11.9 Å². The first-order chi connectivity index (χ1) is 11.4. The first-order valence-corrected chi connectivity index (χ1v) is 7.27. The summed E-state index contributed by atoms with van der Waals surface area (Å²) in [6.45, 7) is 3.69. The zero-order chi connectivity index (χ0) is 17.7. The molecule has 0 bridgehead atoms. The molecule has 1 amide bonds. The summed E-state index contributed by atoms with van der Waals surface area (Å²) in [5.74, 6) is -1.31. The highest BCUT2D eigenvalue weighted by molar-refractivity contribution is 6.10. The molecule has 0 aliphatic carbocycles. The van der Waals surface area contributed by atoms with Gasteiger partial charge in [0.25, 0.3) is 5.91 Å². The Morgan fingerprint density at radius 1 is 1.17 bits per heavy atom. The topological polar surface area (TPSA) is 99.4 Å². The van der Waals surface area contributed by atoms with Gasteiger partial charge in [-0.1, -0.05) is 12.1 Å². The number of carboxylic acid groups (broad SMARTS) is 1. The fraction of sp³-hybridized carbons (Fsp3) is 0.167. The Hall–Kier alpha value is -3.33. The lowest BCUT2D eigenvalue weighted by Gasteiger charge is -2.13. The number of nitrogens with one attached hydrogen (secondary N) is 1. The zero-order valence-corrected chi connectivity index (χ0v) is 13.2. The Morgan fingerprint density at radius 3 is 2.42 bits per heavy atom. The maximum Gasteiger partial charge on any atom is 0.336 e. The highest BCUT2D eigenvalue weighted by atomic mass is 16.5. The predicted octanol–water partition coefficient (Wildman–Crippen LogP) is 3.30. The van der Waals surface area contributed by atoms with E-state index in [9.17, 15) is 14.9 Å². The Balaban J connectivity index is 2.27. The van der Waals surface area contributed by atoms with Crippen LogP contribution in [0.25, 0.3) is 0 Å². The number of hydrogen-bond acceptors (Lipinski definition) is 4. The third-order valence-electron chi connectivity index (χ3n) is 3.12. The van der Waals surface area contributed by atoms with Gasteiger partial charge in [0.1, 0.15) is 11.8 Å². The second kappa shape index (κ2) is 7.29. The van der Waals surface area contributed by atoms with Crippen LogP contribution in [0.1, 0.15) is 40.1 Å². The summed E-state index contributed by atoms with van der Waals surface area (Å²) in [7, 11) is 0. The minimum atomic E-state index is -1.18. The number of ether oxygens (including phenoxy) is 1. The number of anilines is 1. The molecule has 0 spiro atoms. The number of carboxylic acids is 1. The highest BCUT2D eigenvalue weighted by Gasteiger charge is 2.16. The van der Waals surface area contributed by atoms with Gasteiger partial charge in [0.2, 0.25) is 0 Å². The number of amides is 1. The van der Waals surface area contributed by atoms with E-state index in [1.54, 1.807) is 24.3 Å². The summed E-state index contributed by atoms with van der Waals surface area (Å²) in [6.07, 6.45) is -0.0833. The molecule has 0 unspecified atom stereocenters. The summed E-state index contributed by atoms with van der Waals surface area (Å²) in [5.41, 5.74) is 0.627. The van der Waals surface area contributed by atoms with Crippen LogP contribution in [-0.4, -0.2) is 23.1 Å². The molecule has 2 N–H and O–H groups in total. The molecule has 0 saturated heterocycles. The van der Waals surface area contributed by atoms with E-state index >= 15 is 0 Å². The molecule has 2 aromatic rings. The number of hydrogen-bond donors (Lipinski definition) is 2. The molecular weight excluding hydrogens is 308 g/mol. The number of carbonyl (C=O) groups excluding carboxylic acids is 1. The van der Waals surface area contributed by atoms with Crippen LogP contribution in [0.3, 0.4) is 0 Å². The lowest BCUT2D eigenvalue weighted by molar-refractivity contribution is 0.0692. The van der Waals surface area contributed by atoms with Gasteiger partial charge in [-0.3, -0.25) is 4.79 Å². The van der Waals surface area contributed by atoms with Crippen LogP contribution in [0.2, 0.25) is 0 Å². The Labute approximate surface area is 139 Å². The molecule has 0 aliphatic rings. The Bertz CT molecular complexity index is 822. The first-order valence-electron chi connectivity index (χ1n) is 7.27. The number of carbonyl (C=O) groups is 2. The highest BCUT2D eigenvalue weighted by Crippen LogP contribution is 2.24. The third-order valence-corrected chi connectivity index (χ3v) is 3.12. The first kappa shape index (κ1) is 17.0. The lowest BCUT2D eigenvalue weighted by Crippen LogP contribution is -2.16. The quantitative estimate of drug-likeness (QED) is 0.879. The van der Waals surface area contributed by atoms with Gasteiger partial charge < -0.3 is 15.2 Å². The number of benzene rings is 2. The zero-order valence-electron chi connectivity index (χ0n) is 13.2. The van der Waals surface area contributed by atoms with Gasteiger partial charge >= 0.3 is 5.97 Å². The van der Waals surface area contributed by atoms with Crippen LogP contribution in [0.15, 0.2) is 42.5 Å². The van der Waals surface area contributed by atoms with Crippen molar-refractivity contribution in [3.8, 4) is 11.8 Å². The molecule has 2 rings (SSSR count). The summed E-state index contributed by atoms with van der Waals surface area (Å²) >= 11 is 0. The summed E-state index contributed by atoms with van der Waals surface area (Å²) < 4.78 is 5.52. The van der Waals surface area contributed by atoms with E-state index in [2.05, 4.69) is 5.32 Å². The third kappa shape index (κ3) is 3.90. The van der Waals surface area contributed by atoms with Crippen molar-refractivity contribution in [3.63, 3.8) is 0 Å². The van der Waals surface area contributed by atoms with Gasteiger partial charge in [-0.15, -0.1) is 0 Å².